The first-order chi connectivity index (χ1) is 15.7. The molecule has 1 saturated carbocycles. The van der Waals surface area contributed by atoms with Crippen molar-refractivity contribution >= 4 is 27.5 Å². The van der Waals surface area contributed by atoms with Crippen LogP contribution in [0.25, 0.3) is 0 Å². The van der Waals surface area contributed by atoms with E-state index in [1.54, 1.807) is 23.1 Å². The van der Waals surface area contributed by atoms with Crippen molar-refractivity contribution in [1.29, 1.82) is 0 Å². The topological polar surface area (TPSA) is 86.8 Å². The molecule has 2 heterocycles. The number of benzene rings is 1. The summed E-state index contributed by atoms with van der Waals surface area (Å²) < 4.78 is 28.6. The van der Waals surface area contributed by atoms with Gasteiger partial charge in [-0.25, -0.2) is 13.1 Å². The number of carbonyl (C=O) groups excluding carboxylic acids is 2. The maximum Gasteiger partial charge on any atom is 0.240 e. The Bertz CT molecular complexity index is 1000. The predicted molar refractivity (Wildman–Crippen MR) is 128 cm³/mol. The van der Waals surface area contributed by atoms with Crippen LogP contribution in [0.3, 0.4) is 0 Å². The number of likely N-dealkylation sites (tertiary alicyclic amines) is 1. The highest BCUT2D eigenvalue weighted by atomic mass is 32.2. The number of rotatable bonds is 5. The fourth-order valence-corrected chi connectivity index (χ4v) is 6.99. The van der Waals surface area contributed by atoms with Crippen molar-refractivity contribution in [3.8, 4) is 0 Å². The molecule has 0 aromatic heterocycles. The molecule has 3 aliphatic rings. The van der Waals surface area contributed by atoms with Gasteiger partial charge >= 0.3 is 0 Å². The monoisotopic (exact) mass is 475 g/mol. The van der Waals surface area contributed by atoms with Gasteiger partial charge in [0.25, 0.3) is 0 Å². The Hall–Kier alpha value is -1.93. The van der Waals surface area contributed by atoms with E-state index in [4.69, 9.17) is 0 Å². The molecule has 2 fully saturated rings. The summed E-state index contributed by atoms with van der Waals surface area (Å²) in [4.78, 5) is 28.8. The Balaban J connectivity index is 1.31. The Morgan fingerprint density at radius 2 is 1.82 bits per heavy atom. The molecule has 7 nitrogen and oxygen atoms in total. The van der Waals surface area contributed by atoms with Crippen molar-refractivity contribution < 1.29 is 18.0 Å². The van der Waals surface area contributed by atoms with Crippen LogP contribution in [0.1, 0.15) is 64.9 Å². The number of amides is 2. The van der Waals surface area contributed by atoms with Gasteiger partial charge in [-0.2, -0.15) is 0 Å². The minimum absolute atomic E-state index is 0.0288. The van der Waals surface area contributed by atoms with Crippen LogP contribution in [0.15, 0.2) is 23.1 Å². The molecule has 0 spiro atoms. The molecular formula is C25H37N3O4S. The lowest BCUT2D eigenvalue weighted by molar-refractivity contribution is -0.138. The smallest absolute Gasteiger partial charge is 0.240 e. The number of hydrogen-bond acceptors (Lipinski definition) is 4. The summed E-state index contributed by atoms with van der Waals surface area (Å²) in [6.45, 7) is 7.88. The third-order valence-electron chi connectivity index (χ3n) is 7.64. The largest absolute Gasteiger partial charge is 0.342 e. The summed E-state index contributed by atoms with van der Waals surface area (Å²) in [5, 5.41) is 0. The lowest BCUT2D eigenvalue weighted by Gasteiger charge is -2.36. The summed E-state index contributed by atoms with van der Waals surface area (Å²) in [5.74, 6) is 1.20. The van der Waals surface area contributed by atoms with Crippen molar-refractivity contribution in [2.75, 3.05) is 24.5 Å². The minimum atomic E-state index is -3.62. The third-order valence-corrected chi connectivity index (χ3v) is 9.06. The first-order valence-electron chi connectivity index (χ1n) is 12.4. The van der Waals surface area contributed by atoms with Gasteiger partial charge in [-0.3, -0.25) is 9.59 Å². The van der Waals surface area contributed by atoms with Crippen LogP contribution >= 0.6 is 0 Å². The lowest BCUT2D eigenvalue weighted by Crippen LogP contribution is -2.43. The van der Waals surface area contributed by atoms with Gasteiger partial charge in [0.1, 0.15) is 0 Å². The van der Waals surface area contributed by atoms with E-state index in [9.17, 15) is 18.0 Å². The molecule has 1 aliphatic carbocycles. The number of sulfonamides is 1. The van der Waals surface area contributed by atoms with Crippen molar-refractivity contribution in [1.82, 2.24) is 9.62 Å². The van der Waals surface area contributed by atoms with E-state index in [-0.39, 0.29) is 28.7 Å². The Kier molecular flexibility index (Phi) is 7.15. The fraction of sp³-hybridized carbons (Fsp3) is 0.680. The van der Waals surface area contributed by atoms with Gasteiger partial charge < -0.3 is 9.80 Å². The Morgan fingerprint density at radius 1 is 1.09 bits per heavy atom. The maximum atomic E-state index is 12.9. The zero-order chi connectivity index (χ0) is 23.8. The van der Waals surface area contributed by atoms with Gasteiger partial charge in [-0.15, -0.1) is 0 Å². The van der Waals surface area contributed by atoms with Gasteiger partial charge in [0.2, 0.25) is 21.8 Å². The van der Waals surface area contributed by atoms with E-state index >= 15 is 0 Å². The molecule has 0 bridgehead atoms. The molecule has 182 valence electrons. The average molecular weight is 476 g/mol. The van der Waals surface area contributed by atoms with Gasteiger partial charge in [-0.1, -0.05) is 6.92 Å². The molecule has 1 aromatic carbocycles. The number of nitrogens with one attached hydrogen (secondary N) is 1. The van der Waals surface area contributed by atoms with Crippen molar-refractivity contribution in [2.24, 2.45) is 17.8 Å². The lowest BCUT2D eigenvalue weighted by atomic mass is 9.81. The first kappa shape index (κ1) is 24.2. The zero-order valence-corrected chi connectivity index (χ0v) is 20.9. The zero-order valence-electron chi connectivity index (χ0n) is 20.0. The van der Waals surface area contributed by atoms with E-state index < -0.39 is 10.0 Å². The number of anilines is 1. The summed E-state index contributed by atoms with van der Waals surface area (Å²) in [6.07, 6.45) is 6.38. The van der Waals surface area contributed by atoms with Gasteiger partial charge in [0, 0.05) is 44.2 Å². The second-order valence-electron chi connectivity index (χ2n) is 10.3. The highest BCUT2D eigenvalue weighted by molar-refractivity contribution is 7.89. The molecule has 1 N–H and O–H groups in total. The number of hydrogen-bond donors (Lipinski definition) is 1. The predicted octanol–water partition coefficient (Wildman–Crippen LogP) is 3.33. The third kappa shape index (κ3) is 5.27. The second-order valence-corrected chi connectivity index (χ2v) is 12.1. The molecular weight excluding hydrogens is 438 g/mol. The first-order valence-corrected chi connectivity index (χ1v) is 13.8. The van der Waals surface area contributed by atoms with Gasteiger partial charge in [0.15, 0.2) is 0 Å². The van der Waals surface area contributed by atoms with E-state index in [0.717, 1.165) is 56.4 Å². The number of nitrogens with zero attached hydrogens (tertiary/aromatic N) is 2. The highest BCUT2D eigenvalue weighted by Gasteiger charge is 2.33. The van der Waals surface area contributed by atoms with Crippen LogP contribution in [0.5, 0.6) is 0 Å². The van der Waals surface area contributed by atoms with E-state index in [0.29, 0.717) is 24.8 Å². The molecule has 2 aliphatic heterocycles. The quantitative estimate of drug-likeness (QED) is 0.708. The Morgan fingerprint density at radius 3 is 2.48 bits per heavy atom. The Labute approximate surface area is 198 Å². The average Bonchev–Trinajstić information content (AvgIpc) is 3.12. The van der Waals surface area contributed by atoms with Gasteiger partial charge in [-0.05, 0) is 87.5 Å². The molecule has 4 rings (SSSR count). The van der Waals surface area contributed by atoms with Crippen LogP contribution in [0.4, 0.5) is 5.69 Å². The normalized spacial score (nSPS) is 28.0. The molecule has 1 saturated heterocycles. The highest BCUT2D eigenvalue weighted by Crippen LogP contribution is 2.34. The molecule has 8 heteroatoms. The van der Waals surface area contributed by atoms with Crippen LogP contribution in [-0.2, 0) is 26.0 Å². The fourth-order valence-electron chi connectivity index (χ4n) is 5.83. The molecule has 0 radical (unpaired) electrons. The van der Waals surface area contributed by atoms with Crippen LogP contribution < -0.4 is 9.62 Å². The van der Waals surface area contributed by atoms with Crippen LogP contribution in [-0.4, -0.2) is 50.8 Å². The SMILES string of the molecule is CC(=O)N1c2ccc(S(=O)(=O)NCC3CCC(C(=O)N4CCC[C@@H](C)C4)CC3)cc2C[C@@H]1C. The molecule has 33 heavy (non-hydrogen) atoms. The minimum Gasteiger partial charge on any atom is -0.342 e. The van der Waals surface area contributed by atoms with Gasteiger partial charge in [0.05, 0.1) is 4.90 Å². The molecule has 2 amide bonds. The molecule has 0 unspecified atom stereocenters. The van der Waals surface area contributed by atoms with Crippen molar-refractivity contribution in [2.45, 2.75) is 76.7 Å². The second kappa shape index (κ2) is 9.74. The maximum absolute atomic E-state index is 12.9. The summed E-state index contributed by atoms with van der Waals surface area (Å²) >= 11 is 0. The van der Waals surface area contributed by atoms with E-state index in [1.807, 2.05) is 11.8 Å². The number of fused-ring (bicyclic) bond motifs is 1. The summed E-state index contributed by atoms with van der Waals surface area (Å²) in [6, 6.07) is 5.07. The van der Waals surface area contributed by atoms with E-state index in [1.165, 1.54) is 13.3 Å². The molecule has 2 atom stereocenters. The summed E-state index contributed by atoms with van der Waals surface area (Å²) in [7, 11) is -3.62. The standard InChI is InChI=1S/C25H37N3O4S/c1-17-5-4-12-27(16-17)25(30)21-8-6-20(7-9-21)15-26-33(31,32)23-10-11-24-22(14-23)13-18(2)28(24)19(3)29/h10-11,14,17-18,20-21,26H,4-9,12-13,15-16H2,1-3H3/t17-,18+,20?,21?/m1/s1. The van der Waals surface area contributed by atoms with Crippen molar-refractivity contribution in [3.63, 3.8) is 0 Å². The molecule has 1 aromatic rings. The number of carbonyl (C=O) groups is 2. The number of piperidine rings is 1. The summed E-state index contributed by atoms with van der Waals surface area (Å²) in [5.41, 5.74) is 1.70. The van der Waals surface area contributed by atoms with Crippen LogP contribution in [0.2, 0.25) is 0 Å². The van der Waals surface area contributed by atoms with E-state index in [2.05, 4.69) is 11.6 Å². The van der Waals surface area contributed by atoms with Crippen LogP contribution in [0, 0.1) is 17.8 Å². The van der Waals surface area contributed by atoms with Crippen molar-refractivity contribution in [3.05, 3.63) is 23.8 Å².